The molecule has 2 atom stereocenters. The summed E-state index contributed by atoms with van der Waals surface area (Å²) in [4.78, 5) is 32.0. The topological polar surface area (TPSA) is 76.5 Å². The fourth-order valence-electron chi connectivity index (χ4n) is 4.69. The molecule has 0 aliphatic carbocycles. The molecule has 1 N–H and O–H groups in total. The quantitative estimate of drug-likeness (QED) is 0.700. The maximum atomic E-state index is 13.3. The predicted molar refractivity (Wildman–Crippen MR) is 118 cm³/mol. The zero-order chi connectivity index (χ0) is 24.6. The van der Waals surface area contributed by atoms with Gasteiger partial charge in [0.2, 0.25) is 0 Å². The minimum absolute atomic E-state index is 0.0976. The Morgan fingerprint density at radius 3 is 2.59 bits per heavy atom. The van der Waals surface area contributed by atoms with Crippen molar-refractivity contribution in [1.82, 2.24) is 19.8 Å². The van der Waals surface area contributed by atoms with Gasteiger partial charge in [-0.2, -0.15) is 13.2 Å². The van der Waals surface area contributed by atoms with Crippen LogP contribution in [0.15, 0.2) is 24.4 Å². The van der Waals surface area contributed by atoms with Gasteiger partial charge in [-0.25, -0.2) is 0 Å². The van der Waals surface area contributed by atoms with Crippen LogP contribution < -0.4 is 5.32 Å². The Morgan fingerprint density at radius 1 is 1.24 bits per heavy atom. The summed E-state index contributed by atoms with van der Waals surface area (Å²) in [5.41, 5.74) is 0.938. The minimum atomic E-state index is -4.53. The van der Waals surface area contributed by atoms with Gasteiger partial charge in [0, 0.05) is 25.3 Å². The van der Waals surface area contributed by atoms with Gasteiger partial charge < -0.3 is 19.5 Å². The van der Waals surface area contributed by atoms with Gasteiger partial charge in [-0.05, 0) is 43.4 Å². The summed E-state index contributed by atoms with van der Waals surface area (Å²) in [5, 5.41) is 2.93. The number of fused-ring (bicyclic) bond motifs is 1. The molecule has 184 valence electrons. The van der Waals surface area contributed by atoms with Crippen LogP contribution in [0.5, 0.6) is 0 Å². The van der Waals surface area contributed by atoms with E-state index < -0.39 is 23.8 Å². The molecule has 0 saturated carbocycles. The van der Waals surface area contributed by atoms with Gasteiger partial charge in [-0.15, -0.1) is 0 Å². The monoisotopic (exact) mass is 478 g/mol. The van der Waals surface area contributed by atoms with E-state index in [1.165, 1.54) is 6.07 Å². The van der Waals surface area contributed by atoms with Crippen molar-refractivity contribution in [2.45, 2.75) is 65.0 Å². The molecule has 0 unspecified atom stereocenters. The molecule has 34 heavy (non-hydrogen) atoms. The summed E-state index contributed by atoms with van der Waals surface area (Å²) in [6.07, 6.45) is -1.48. The lowest BCUT2D eigenvalue weighted by atomic mass is 9.96. The van der Waals surface area contributed by atoms with Crippen molar-refractivity contribution in [2.75, 3.05) is 13.2 Å². The van der Waals surface area contributed by atoms with Crippen LogP contribution in [0.1, 0.15) is 77.5 Å². The highest BCUT2D eigenvalue weighted by atomic mass is 19.4. The molecule has 2 aromatic heterocycles. The van der Waals surface area contributed by atoms with Crippen LogP contribution in [0.4, 0.5) is 13.2 Å². The molecule has 2 aliphatic rings. The molecule has 2 aromatic rings. The number of likely N-dealkylation sites (tertiary alicyclic amines) is 1. The molecular weight excluding hydrogens is 449 g/mol. The lowest BCUT2D eigenvalue weighted by Gasteiger charge is -2.25. The van der Waals surface area contributed by atoms with Crippen LogP contribution in [0, 0.1) is 5.92 Å². The Balaban J connectivity index is 1.61. The Morgan fingerprint density at radius 2 is 2.00 bits per heavy atom. The van der Waals surface area contributed by atoms with E-state index in [0.717, 1.165) is 25.1 Å². The number of amides is 2. The number of alkyl halides is 3. The normalized spacial score (nSPS) is 19.3. The van der Waals surface area contributed by atoms with Crippen LogP contribution in [0.3, 0.4) is 0 Å². The van der Waals surface area contributed by atoms with Gasteiger partial charge in [-0.3, -0.25) is 14.6 Å². The van der Waals surface area contributed by atoms with Gasteiger partial charge in [0.15, 0.2) is 0 Å². The van der Waals surface area contributed by atoms with E-state index in [4.69, 9.17) is 4.74 Å². The summed E-state index contributed by atoms with van der Waals surface area (Å²) >= 11 is 0. The fraction of sp³-hybridized carbons (Fsp3) is 0.542. The number of nitrogens with one attached hydrogen (secondary N) is 1. The highest BCUT2D eigenvalue weighted by molar-refractivity contribution is 6.01. The highest BCUT2D eigenvalue weighted by Gasteiger charge is 2.34. The number of rotatable bonds is 5. The van der Waals surface area contributed by atoms with Crippen molar-refractivity contribution < 1.29 is 27.5 Å². The van der Waals surface area contributed by atoms with Crippen molar-refractivity contribution in [3.8, 4) is 0 Å². The first kappa shape index (κ1) is 24.3. The van der Waals surface area contributed by atoms with E-state index in [2.05, 4.69) is 10.3 Å². The molecule has 1 fully saturated rings. The highest BCUT2D eigenvalue weighted by Crippen LogP contribution is 2.30. The molecule has 0 bridgehead atoms. The number of aromatic nitrogens is 2. The smallest absolute Gasteiger partial charge is 0.373 e. The molecule has 7 nitrogen and oxygen atoms in total. The van der Waals surface area contributed by atoms with E-state index in [9.17, 15) is 22.8 Å². The Labute approximate surface area is 196 Å². The van der Waals surface area contributed by atoms with Crippen LogP contribution in [-0.4, -0.2) is 45.5 Å². The lowest BCUT2D eigenvalue weighted by Crippen LogP contribution is -2.35. The van der Waals surface area contributed by atoms with Crippen molar-refractivity contribution in [1.29, 1.82) is 0 Å². The number of hydrogen-bond acceptors (Lipinski definition) is 4. The van der Waals surface area contributed by atoms with Gasteiger partial charge >= 0.3 is 6.18 Å². The van der Waals surface area contributed by atoms with Crippen LogP contribution in [0.2, 0.25) is 0 Å². The third-order valence-electron chi connectivity index (χ3n) is 6.57. The number of carbonyl (C=O) groups is 2. The molecule has 10 heteroatoms. The van der Waals surface area contributed by atoms with Crippen molar-refractivity contribution >= 4 is 11.8 Å². The molecule has 0 spiro atoms. The van der Waals surface area contributed by atoms with Crippen LogP contribution >= 0.6 is 0 Å². The zero-order valence-electron chi connectivity index (χ0n) is 19.5. The van der Waals surface area contributed by atoms with E-state index in [1.807, 2.05) is 30.2 Å². The summed E-state index contributed by atoms with van der Waals surface area (Å²) in [6.45, 7) is 7.57. The van der Waals surface area contributed by atoms with Gasteiger partial charge in [0.1, 0.15) is 11.4 Å². The molecule has 2 amide bonds. The van der Waals surface area contributed by atoms with E-state index in [-0.39, 0.29) is 24.5 Å². The summed E-state index contributed by atoms with van der Waals surface area (Å²) < 4.78 is 46.1. The number of ether oxygens (including phenoxy) is 1. The fourth-order valence-corrected chi connectivity index (χ4v) is 4.69. The molecule has 2 aliphatic heterocycles. The average molecular weight is 479 g/mol. The number of halogens is 3. The standard InChI is InChI=1S/C24H29F3N4O3/c1-14(2)21(16-6-7-20(28-12-16)24(25,26)27)29-22(32)17-11-18(31-9-10-34-13-19(17)31)23(33)30-8-4-5-15(30)3/h6-7,11-12,14-15,21H,4-5,8-10,13H2,1-3H3,(H,29,32)/t15-,21+/m0/s1. The van der Waals surface area contributed by atoms with Crippen molar-refractivity contribution in [3.63, 3.8) is 0 Å². The average Bonchev–Trinajstić information content (AvgIpc) is 3.40. The van der Waals surface area contributed by atoms with E-state index in [1.54, 1.807) is 6.07 Å². The number of nitrogens with zero attached hydrogens (tertiary/aromatic N) is 3. The molecule has 1 saturated heterocycles. The summed E-state index contributed by atoms with van der Waals surface area (Å²) in [7, 11) is 0. The third-order valence-corrected chi connectivity index (χ3v) is 6.57. The second kappa shape index (κ2) is 9.40. The van der Waals surface area contributed by atoms with Crippen LogP contribution in [-0.2, 0) is 24.1 Å². The van der Waals surface area contributed by atoms with Gasteiger partial charge in [0.25, 0.3) is 11.8 Å². The first-order valence-corrected chi connectivity index (χ1v) is 11.5. The van der Waals surface area contributed by atoms with Crippen LogP contribution in [0.25, 0.3) is 0 Å². The third kappa shape index (κ3) is 4.68. The minimum Gasteiger partial charge on any atom is -0.373 e. The summed E-state index contributed by atoms with van der Waals surface area (Å²) in [5.74, 6) is -0.607. The Bertz CT molecular complexity index is 1060. The number of hydrogen-bond donors (Lipinski definition) is 1. The van der Waals surface area contributed by atoms with Crippen molar-refractivity contribution in [2.24, 2.45) is 5.92 Å². The number of carbonyl (C=O) groups excluding carboxylic acids is 2. The van der Waals surface area contributed by atoms with Crippen molar-refractivity contribution in [3.05, 3.63) is 52.6 Å². The van der Waals surface area contributed by atoms with E-state index in [0.29, 0.717) is 42.2 Å². The second-order valence-corrected chi connectivity index (χ2v) is 9.25. The SMILES string of the molecule is CC(C)[C@@H](NC(=O)c1cc(C(=O)N2CCC[C@@H]2C)n2c1COCC2)c1ccc(C(F)(F)F)nc1. The second-order valence-electron chi connectivity index (χ2n) is 9.25. The first-order valence-electron chi connectivity index (χ1n) is 11.5. The first-order chi connectivity index (χ1) is 16.1. The molecular formula is C24H29F3N4O3. The maximum Gasteiger partial charge on any atom is 0.433 e. The molecule has 4 rings (SSSR count). The Kier molecular flexibility index (Phi) is 6.71. The van der Waals surface area contributed by atoms with Gasteiger partial charge in [-0.1, -0.05) is 19.9 Å². The molecule has 0 radical (unpaired) electrons. The lowest BCUT2D eigenvalue weighted by molar-refractivity contribution is -0.141. The Hall–Kier alpha value is -2.88. The maximum absolute atomic E-state index is 13.3. The summed E-state index contributed by atoms with van der Waals surface area (Å²) in [6, 6.07) is 3.46. The molecule has 4 heterocycles. The van der Waals surface area contributed by atoms with Gasteiger partial charge in [0.05, 0.1) is 30.5 Å². The zero-order valence-corrected chi connectivity index (χ0v) is 19.5. The van der Waals surface area contributed by atoms with E-state index >= 15 is 0 Å². The predicted octanol–water partition coefficient (Wildman–Crippen LogP) is 4.18. The largest absolute Gasteiger partial charge is 0.433 e. The number of pyridine rings is 1. The molecule has 0 aromatic carbocycles.